The molecule has 0 N–H and O–H groups in total. The molecule has 0 radical (unpaired) electrons. The second kappa shape index (κ2) is 5.44. The Bertz CT molecular complexity index is 423. The standard InChI is InChI=1S/C15H20ClNS/c1-11-6-7-17(14(11)8-16)9-12-10-18-15-5-3-2-4-13(12)15/h2-5,11-12,14H,6-10H2,1H3. The SMILES string of the molecule is CC1CCN(CC2CSc3ccccc32)C1CCl. The number of thioether (sulfide) groups is 1. The average Bonchev–Trinajstić information content (AvgIpc) is 2.95. The number of benzene rings is 1. The summed E-state index contributed by atoms with van der Waals surface area (Å²) in [6.07, 6.45) is 1.30. The van der Waals surface area contributed by atoms with Gasteiger partial charge in [-0.2, -0.15) is 0 Å². The number of hydrogen-bond donors (Lipinski definition) is 0. The van der Waals surface area contributed by atoms with Crippen LogP contribution in [0.5, 0.6) is 0 Å². The number of fused-ring (bicyclic) bond motifs is 1. The summed E-state index contributed by atoms with van der Waals surface area (Å²) >= 11 is 8.15. The summed E-state index contributed by atoms with van der Waals surface area (Å²) in [6, 6.07) is 9.46. The van der Waals surface area contributed by atoms with Gasteiger partial charge in [-0.1, -0.05) is 25.1 Å². The molecule has 98 valence electrons. The van der Waals surface area contributed by atoms with Gasteiger partial charge in [0.15, 0.2) is 0 Å². The Morgan fingerprint density at radius 2 is 2.22 bits per heavy atom. The van der Waals surface area contributed by atoms with E-state index in [1.807, 2.05) is 11.8 Å². The predicted octanol–water partition coefficient (Wildman–Crippen LogP) is 3.83. The molecule has 2 aliphatic rings. The summed E-state index contributed by atoms with van der Waals surface area (Å²) in [6.45, 7) is 4.75. The van der Waals surface area contributed by atoms with E-state index < -0.39 is 0 Å². The highest BCUT2D eigenvalue weighted by Gasteiger charge is 2.33. The van der Waals surface area contributed by atoms with Gasteiger partial charge in [0.2, 0.25) is 0 Å². The molecule has 3 rings (SSSR count). The third-order valence-corrected chi connectivity index (χ3v) is 5.98. The van der Waals surface area contributed by atoms with E-state index in [-0.39, 0.29) is 0 Å². The maximum atomic E-state index is 6.14. The van der Waals surface area contributed by atoms with E-state index >= 15 is 0 Å². The molecular weight excluding hydrogens is 262 g/mol. The van der Waals surface area contributed by atoms with Crippen LogP contribution in [-0.4, -0.2) is 35.7 Å². The van der Waals surface area contributed by atoms with Gasteiger partial charge in [0.05, 0.1) is 0 Å². The number of nitrogens with zero attached hydrogens (tertiary/aromatic N) is 1. The number of hydrogen-bond acceptors (Lipinski definition) is 2. The second-order valence-electron chi connectivity index (χ2n) is 5.53. The largest absolute Gasteiger partial charge is 0.298 e. The zero-order chi connectivity index (χ0) is 12.5. The van der Waals surface area contributed by atoms with Crippen LogP contribution in [0.25, 0.3) is 0 Å². The Labute approximate surface area is 119 Å². The highest BCUT2D eigenvalue weighted by Crippen LogP contribution is 2.40. The van der Waals surface area contributed by atoms with E-state index in [9.17, 15) is 0 Å². The molecule has 3 heteroatoms. The van der Waals surface area contributed by atoms with Crippen molar-refractivity contribution < 1.29 is 0 Å². The molecule has 1 aromatic rings. The fraction of sp³-hybridized carbons (Fsp3) is 0.600. The minimum absolute atomic E-state index is 0.587. The minimum atomic E-state index is 0.587. The highest BCUT2D eigenvalue weighted by molar-refractivity contribution is 7.99. The van der Waals surface area contributed by atoms with Crippen LogP contribution in [-0.2, 0) is 0 Å². The minimum Gasteiger partial charge on any atom is -0.298 e. The van der Waals surface area contributed by atoms with Crippen molar-refractivity contribution in [3.05, 3.63) is 29.8 Å². The maximum Gasteiger partial charge on any atom is 0.0382 e. The third kappa shape index (κ3) is 2.31. The molecule has 1 nitrogen and oxygen atoms in total. The van der Waals surface area contributed by atoms with E-state index in [0.29, 0.717) is 12.0 Å². The van der Waals surface area contributed by atoms with Crippen LogP contribution in [0.15, 0.2) is 29.2 Å². The summed E-state index contributed by atoms with van der Waals surface area (Å²) in [5, 5.41) is 0. The van der Waals surface area contributed by atoms with Crippen LogP contribution in [0.1, 0.15) is 24.8 Å². The molecule has 1 aromatic carbocycles. The first-order chi connectivity index (χ1) is 8.79. The Morgan fingerprint density at radius 1 is 1.39 bits per heavy atom. The fourth-order valence-electron chi connectivity index (χ4n) is 3.23. The fourth-order valence-corrected chi connectivity index (χ4v) is 4.97. The van der Waals surface area contributed by atoms with Crippen molar-refractivity contribution in [3.63, 3.8) is 0 Å². The molecular formula is C15H20ClNS. The predicted molar refractivity (Wildman–Crippen MR) is 79.8 cm³/mol. The Balaban J connectivity index is 1.71. The Hall–Kier alpha value is -0.180. The molecule has 0 saturated carbocycles. The zero-order valence-corrected chi connectivity index (χ0v) is 12.4. The van der Waals surface area contributed by atoms with E-state index in [4.69, 9.17) is 11.6 Å². The topological polar surface area (TPSA) is 3.24 Å². The zero-order valence-electron chi connectivity index (χ0n) is 10.8. The Morgan fingerprint density at radius 3 is 3.06 bits per heavy atom. The van der Waals surface area contributed by atoms with Gasteiger partial charge in [-0.25, -0.2) is 0 Å². The molecule has 0 amide bonds. The lowest BCUT2D eigenvalue weighted by Crippen LogP contribution is -2.36. The summed E-state index contributed by atoms with van der Waals surface area (Å²) < 4.78 is 0. The van der Waals surface area contributed by atoms with Crippen LogP contribution in [0.3, 0.4) is 0 Å². The summed E-state index contributed by atoms with van der Waals surface area (Å²) in [4.78, 5) is 4.10. The van der Waals surface area contributed by atoms with Crippen molar-refractivity contribution in [2.45, 2.75) is 30.2 Å². The van der Waals surface area contributed by atoms with Crippen LogP contribution in [0.2, 0.25) is 0 Å². The molecule has 0 aromatic heterocycles. The van der Waals surface area contributed by atoms with Crippen molar-refractivity contribution in [1.29, 1.82) is 0 Å². The molecule has 0 aliphatic carbocycles. The van der Waals surface area contributed by atoms with Gasteiger partial charge in [-0.05, 0) is 30.5 Å². The van der Waals surface area contributed by atoms with Crippen LogP contribution >= 0.6 is 23.4 Å². The van der Waals surface area contributed by atoms with E-state index in [0.717, 1.165) is 11.8 Å². The number of halogens is 1. The molecule has 2 heterocycles. The van der Waals surface area contributed by atoms with Crippen molar-refractivity contribution in [2.24, 2.45) is 5.92 Å². The van der Waals surface area contributed by atoms with E-state index in [1.54, 1.807) is 5.56 Å². The van der Waals surface area contributed by atoms with Crippen LogP contribution in [0.4, 0.5) is 0 Å². The van der Waals surface area contributed by atoms with Gasteiger partial charge >= 0.3 is 0 Å². The molecule has 3 unspecified atom stereocenters. The average molecular weight is 282 g/mol. The summed E-state index contributed by atoms with van der Waals surface area (Å²) in [5.74, 6) is 3.47. The number of alkyl halides is 1. The summed E-state index contributed by atoms with van der Waals surface area (Å²) in [7, 11) is 0. The Kier molecular flexibility index (Phi) is 3.88. The number of likely N-dealkylation sites (tertiary alicyclic amines) is 1. The van der Waals surface area contributed by atoms with Gasteiger partial charge in [0, 0.05) is 35.0 Å². The van der Waals surface area contributed by atoms with Crippen LogP contribution < -0.4 is 0 Å². The van der Waals surface area contributed by atoms with Gasteiger partial charge in [-0.3, -0.25) is 4.90 Å². The van der Waals surface area contributed by atoms with Crippen molar-refractivity contribution >= 4 is 23.4 Å². The van der Waals surface area contributed by atoms with Crippen molar-refractivity contribution in [2.75, 3.05) is 24.7 Å². The van der Waals surface area contributed by atoms with Gasteiger partial charge in [-0.15, -0.1) is 23.4 Å². The molecule has 0 spiro atoms. The normalized spacial score (nSPS) is 31.8. The molecule has 1 saturated heterocycles. The van der Waals surface area contributed by atoms with Crippen molar-refractivity contribution in [3.8, 4) is 0 Å². The van der Waals surface area contributed by atoms with Gasteiger partial charge < -0.3 is 0 Å². The highest BCUT2D eigenvalue weighted by atomic mass is 35.5. The van der Waals surface area contributed by atoms with Crippen molar-refractivity contribution in [1.82, 2.24) is 4.90 Å². The lowest BCUT2D eigenvalue weighted by Gasteiger charge is -2.27. The van der Waals surface area contributed by atoms with E-state index in [1.165, 1.54) is 30.2 Å². The smallest absolute Gasteiger partial charge is 0.0382 e. The monoisotopic (exact) mass is 281 g/mol. The summed E-state index contributed by atoms with van der Waals surface area (Å²) in [5.41, 5.74) is 1.55. The lowest BCUT2D eigenvalue weighted by molar-refractivity contribution is 0.240. The van der Waals surface area contributed by atoms with Crippen LogP contribution in [0, 0.1) is 5.92 Å². The quantitative estimate of drug-likeness (QED) is 0.775. The molecule has 2 aliphatic heterocycles. The first-order valence-corrected chi connectivity index (χ1v) is 8.33. The van der Waals surface area contributed by atoms with Gasteiger partial charge in [0.25, 0.3) is 0 Å². The lowest BCUT2D eigenvalue weighted by atomic mass is 10.00. The van der Waals surface area contributed by atoms with Gasteiger partial charge in [0.1, 0.15) is 0 Å². The first kappa shape index (κ1) is 12.8. The first-order valence-electron chi connectivity index (χ1n) is 6.81. The molecule has 1 fully saturated rings. The van der Waals surface area contributed by atoms with E-state index in [2.05, 4.69) is 36.1 Å². The third-order valence-electron chi connectivity index (χ3n) is 4.41. The number of rotatable bonds is 3. The second-order valence-corrected chi connectivity index (χ2v) is 6.90. The molecule has 0 bridgehead atoms. The molecule has 3 atom stereocenters. The maximum absolute atomic E-state index is 6.14. The molecule has 18 heavy (non-hydrogen) atoms.